The highest BCUT2D eigenvalue weighted by molar-refractivity contribution is 5.95. The van der Waals surface area contributed by atoms with E-state index >= 15 is 0 Å². The fraction of sp³-hybridized carbons (Fsp3) is 0.571. The summed E-state index contributed by atoms with van der Waals surface area (Å²) in [6.45, 7) is 4.37. The maximum atomic E-state index is 12.9. The Morgan fingerprint density at radius 3 is 2.57 bits per heavy atom. The fourth-order valence-corrected chi connectivity index (χ4v) is 2.04. The zero-order valence-electron chi connectivity index (χ0n) is 12.0. The maximum absolute atomic E-state index is 12.9. The molecule has 2 rings (SSSR count). The van der Waals surface area contributed by atoms with E-state index in [2.05, 4.69) is 15.6 Å². The van der Waals surface area contributed by atoms with Crippen molar-refractivity contribution in [2.24, 2.45) is 0 Å². The van der Waals surface area contributed by atoms with E-state index in [1.54, 1.807) is 6.92 Å². The van der Waals surface area contributed by atoms with Gasteiger partial charge >= 0.3 is 6.18 Å². The van der Waals surface area contributed by atoms with Gasteiger partial charge in [-0.2, -0.15) is 13.2 Å². The second kappa shape index (κ2) is 5.54. The van der Waals surface area contributed by atoms with Gasteiger partial charge in [-0.05, 0) is 38.3 Å². The number of amides is 1. The van der Waals surface area contributed by atoms with Crippen molar-refractivity contribution in [1.29, 1.82) is 0 Å². The van der Waals surface area contributed by atoms with Crippen molar-refractivity contribution in [1.82, 2.24) is 10.3 Å². The van der Waals surface area contributed by atoms with Crippen LogP contribution >= 0.6 is 0 Å². The third-order valence-electron chi connectivity index (χ3n) is 3.42. The Labute approximate surface area is 121 Å². The molecular weight excluding hydrogens is 283 g/mol. The summed E-state index contributed by atoms with van der Waals surface area (Å²) in [5.74, 6) is -0.214. The number of nitrogens with one attached hydrogen (secondary N) is 2. The van der Waals surface area contributed by atoms with E-state index < -0.39 is 17.6 Å². The summed E-state index contributed by atoms with van der Waals surface area (Å²) < 4.78 is 38.6. The van der Waals surface area contributed by atoms with Gasteiger partial charge in [-0.25, -0.2) is 4.98 Å². The lowest BCUT2D eigenvalue weighted by molar-refractivity contribution is -0.163. The Balaban J connectivity index is 2.14. The summed E-state index contributed by atoms with van der Waals surface area (Å²) in [4.78, 5) is 16.3. The molecule has 1 saturated carbocycles. The number of halogens is 3. The number of hydrogen-bond donors (Lipinski definition) is 2. The summed E-state index contributed by atoms with van der Waals surface area (Å²) in [5.41, 5.74) is -1.27. The van der Waals surface area contributed by atoms with Crippen LogP contribution in [0.25, 0.3) is 0 Å². The van der Waals surface area contributed by atoms with Gasteiger partial charge in [0.1, 0.15) is 11.4 Å². The summed E-state index contributed by atoms with van der Waals surface area (Å²) in [6.07, 6.45) is -3.65. The molecule has 0 saturated heterocycles. The van der Waals surface area contributed by atoms with Crippen LogP contribution in [-0.2, 0) is 0 Å². The van der Waals surface area contributed by atoms with Gasteiger partial charge in [0.05, 0.1) is 0 Å². The number of rotatable bonds is 5. The highest BCUT2D eigenvalue weighted by atomic mass is 19.4. The van der Waals surface area contributed by atoms with Crippen LogP contribution in [0.3, 0.4) is 0 Å². The molecule has 0 radical (unpaired) electrons. The molecule has 0 bridgehead atoms. The highest BCUT2D eigenvalue weighted by Crippen LogP contribution is 2.49. The quantitative estimate of drug-likeness (QED) is 0.879. The second-order valence-electron chi connectivity index (χ2n) is 5.34. The molecule has 1 aliphatic rings. The molecule has 1 heterocycles. The summed E-state index contributed by atoms with van der Waals surface area (Å²) in [5, 5.41) is 5.14. The van der Waals surface area contributed by atoms with Gasteiger partial charge in [0.25, 0.3) is 5.91 Å². The van der Waals surface area contributed by atoms with Crippen LogP contribution in [0, 0.1) is 6.92 Å². The third-order valence-corrected chi connectivity index (χ3v) is 3.42. The number of anilines is 1. The number of carbonyl (C=O) groups is 1. The molecule has 4 nitrogen and oxygen atoms in total. The minimum absolute atomic E-state index is 0.0623. The molecule has 0 unspecified atom stereocenters. The van der Waals surface area contributed by atoms with Gasteiger partial charge in [-0.3, -0.25) is 4.79 Å². The number of carbonyl (C=O) groups excluding carboxylic acids is 1. The van der Waals surface area contributed by atoms with Crippen molar-refractivity contribution in [2.45, 2.75) is 44.8 Å². The molecule has 7 heteroatoms. The van der Waals surface area contributed by atoms with Gasteiger partial charge < -0.3 is 10.6 Å². The SMILES string of the molecule is CCCNc1cc(C(=O)NC2(C(F)(F)F)CC2)cc(C)n1. The molecule has 0 spiro atoms. The molecule has 0 atom stereocenters. The number of pyridine rings is 1. The molecule has 1 fully saturated rings. The first kappa shape index (κ1) is 15.6. The Kier molecular flexibility index (Phi) is 4.11. The molecule has 1 aromatic rings. The highest BCUT2D eigenvalue weighted by Gasteiger charge is 2.64. The Hall–Kier alpha value is -1.79. The molecule has 2 N–H and O–H groups in total. The van der Waals surface area contributed by atoms with Gasteiger partial charge in [0, 0.05) is 17.8 Å². The molecule has 1 aromatic heterocycles. The summed E-state index contributed by atoms with van der Waals surface area (Å²) in [6, 6.07) is 2.96. The smallest absolute Gasteiger partial charge is 0.370 e. The van der Waals surface area contributed by atoms with Crippen LogP contribution < -0.4 is 10.6 Å². The first-order valence-corrected chi connectivity index (χ1v) is 6.89. The van der Waals surface area contributed by atoms with E-state index in [0.717, 1.165) is 6.42 Å². The van der Waals surface area contributed by atoms with E-state index in [1.807, 2.05) is 6.92 Å². The van der Waals surface area contributed by atoms with Crippen LogP contribution in [0.1, 0.15) is 42.2 Å². The molecule has 116 valence electrons. The normalized spacial score (nSPS) is 16.4. The fourth-order valence-electron chi connectivity index (χ4n) is 2.04. The van der Waals surface area contributed by atoms with Gasteiger partial charge in [0.15, 0.2) is 0 Å². The number of aromatic nitrogens is 1. The zero-order chi connectivity index (χ0) is 15.7. The van der Waals surface area contributed by atoms with Crippen LogP contribution in [0.2, 0.25) is 0 Å². The van der Waals surface area contributed by atoms with Gasteiger partial charge in [0.2, 0.25) is 0 Å². The Morgan fingerprint density at radius 2 is 2.05 bits per heavy atom. The van der Waals surface area contributed by atoms with Crippen LogP contribution in [-0.4, -0.2) is 29.2 Å². The molecule has 1 amide bonds. The average molecular weight is 301 g/mol. The lowest BCUT2D eigenvalue weighted by Gasteiger charge is -2.21. The van der Waals surface area contributed by atoms with Crippen LogP contribution in [0.15, 0.2) is 12.1 Å². The standard InChI is InChI=1S/C14H18F3N3O/c1-3-6-18-11-8-10(7-9(2)19-11)12(21)20-13(4-5-13)14(15,16)17/h7-8H,3-6H2,1-2H3,(H,18,19)(H,20,21). The lowest BCUT2D eigenvalue weighted by atomic mass is 10.1. The van der Waals surface area contributed by atoms with E-state index in [4.69, 9.17) is 0 Å². The first-order valence-electron chi connectivity index (χ1n) is 6.89. The Morgan fingerprint density at radius 1 is 1.38 bits per heavy atom. The largest absolute Gasteiger partial charge is 0.411 e. The molecule has 1 aliphatic carbocycles. The predicted octanol–water partition coefficient (Wildman–Crippen LogP) is 3.04. The van der Waals surface area contributed by atoms with Crippen LogP contribution in [0.5, 0.6) is 0 Å². The first-order chi connectivity index (χ1) is 9.77. The zero-order valence-corrected chi connectivity index (χ0v) is 12.0. The van der Waals surface area contributed by atoms with E-state index in [1.165, 1.54) is 12.1 Å². The number of hydrogen-bond acceptors (Lipinski definition) is 3. The van der Waals surface area contributed by atoms with E-state index in [9.17, 15) is 18.0 Å². The molecule has 0 aromatic carbocycles. The summed E-state index contributed by atoms with van der Waals surface area (Å²) >= 11 is 0. The van der Waals surface area contributed by atoms with Crippen molar-refractivity contribution in [2.75, 3.05) is 11.9 Å². The third kappa shape index (κ3) is 3.46. The average Bonchev–Trinajstić information content (AvgIpc) is 3.16. The lowest BCUT2D eigenvalue weighted by Crippen LogP contribution is -2.47. The molecule has 21 heavy (non-hydrogen) atoms. The van der Waals surface area contributed by atoms with Crippen molar-refractivity contribution < 1.29 is 18.0 Å². The topological polar surface area (TPSA) is 54.0 Å². The van der Waals surface area contributed by atoms with Crippen molar-refractivity contribution in [3.63, 3.8) is 0 Å². The summed E-state index contributed by atoms with van der Waals surface area (Å²) in [7, 11) is 0. The maximum Gasteiger partial charge on any atom is 0.411 e. The van der Waals surface area contributed by atoms with Crippen LogP contribution in [0.4, 0.5) is 19.0 Å². The Bertz CT molecular complexity index is 539. The number of aryl methyl sites for hydroxylation is 1. The number of alkyl halides is 3. The molecular formula is C14H18F3N3O. The van der Waals surface area contributed by atoms with E-state index in [0.29, 0.717) is 18.1 Å². The minimum atomic E-state index is -4.41. The minimum Gasteiger partial charge on any atom is -0.370 e. The number of nitrogens with zero attached hydrogens (tertiary/aromatic N) is 1. The second-order valence-corrected chi connectivity index (χ2v) is 5.34. The van der Waals surface area contributed by atoms with Crippen molar-refractivity contribution in [3.8, 4) is 0 Å². The molecule has 0 aliphatic heterocycles. The van der Waals surface area contributed by atoms with Gasteiger partial charge in [-0.1, -0.05) is 6.92 Å². The van der Waals surface area contributed by atoms with Crippen molar-refractivity contribution >= 4 is 11.7 Å². The van der Waals surface area contributed by atoms with E-state index in [-0.39, 0.29) is 18.4 Å². The monoisotopic (exact) mass is 301 g/mol. The van der Waals surface area contributed by atoms with Gasteiger partial charge in [-0.15, -0.1) is 0 Å². The van der Waals surface area contributed by atoms with Crippen molar-refractivity contribution in [3.05, 3.63) is 23.4 Å². The predicted molar refractivity (Wildman–Crippen MR) is 73.2 cm³/mol.